The molecular weight excluding hydrogens is 316 g/mol. The highest BCUT2D eigenvalue weighted by molar-refractivity contribution is 5.90. The van der Waals surface area contributed by atoms with Crippen molar-refractivity contribution < 1.29 is 9.90 Å². The molecule has 0 spiro atoms. The van der Waals surface area contributed by atoms with E-state index in [0.29, 0.717) is 17.8 Å². The highest BCUT2D eigenvalue weighted by Crippen LogP contribution is 2.54. The van der Waals surface area contributed by atoms with Crippen molar-refractivity contribution in [1.82, 2.24) is 9.88 Å². The summed E-state index contributed by atoms with van der Waals surface area (Å²) < 4.78 is 0. The van der Waals surface area contributed by atoms with Gasteiger partial charge in [0.15, 0.2) is 0 Å². The van der Waals surface area contributed by atoms with Crippen LogP contribution in [-0.2, 0) is 0 Å². The lowest BCUT2D eigenvalue weighted by Crippen LogP contribution is -2.45. The maximum atomic E-state index is 12.8. The normalized spacial score (nSPS) is 35.7. The number of hydrogen-bond donors (Lipinski definition) is 2. The molecule has 2 saturated heterocycles. The number of pyridine rings is 1. The van der Waals surface area contributed by atoms with Crippen LogP contribution in [0.1, 0.15) is 31.4 Å². The molecular formula is C19H26N4O2. The van der Waals surface area contributed by atoms with Gasteiger partial charge in [0.1, 0.15) is 5.82 Å². The molecule has 1 aromatic rings. The van der Waals surface area contributed by atoms with Gasteiger partial charge < -0.3 is 20.2 Å². The number of carbonyl (C=O) groups is 1. The van der Waals surface area contributed by atoms with Crippen molar-refractivity contribution in [3.05, 3.63) is 17.8 Å². The summed E-state index contributed by atoms with van der Waals surface area (Å²) in [5.41, 5.74) is 1.63. The second-order valence-electron chi connectivity index (χ2n) is 8.22. The molecule has 2 bridgehead atoms. The molecule has 2 amide bonds. The number of fused-ring (bicyclic) bond motifs is 1. The molecule has 3 heterocycles. The van der Waals surface area contributed by atoms with E-state index in [0.717, 1.165) is 49.7 Å². The van der Waals surface area contributed by atoms with E-state index in [2.05, 4.69) is 15.2 Å². The Hall–Kier alpha value is -1.82. The monoisotopic (exact) mass is 342 g/mol. The fourth-order valence-corrected chi connectivity index (χ4v) is 5.64. The number of aliphatic hydroxyl groups is 1. The van der Waals surface area contributed by atoms with Crippen LogP contribution in [-0.4, -0.2) is 52.8 Å². The summed E-state index contributed by atoms with van der Waals surface area (Å²) in [4.78, 5) is 21.7. The second-order valence-corrected chi connectivity index (χ2v) is 8.22. The molecule has 4 fully saturated rings. The molecule has 25 heavy (non-hydrogen) atoms. The van der Waals surface area contributed by atoms with Crippen LogP contribution in [0.15, 0.2) is 12.1 Å². The minimum atomic E-state index is -0.341. The lowest BCUT2D eigenvalue weighted by atomic mass is 9.88. The van der Waals surface area contributed by atoms with Crippen molar-refractivity contribution in [1.29, 1.82) is 0 Å². The quantitative estimate of drug-likeness (QED) is 0.865. The molecule has 2 aliphatic carbocycles. The molecule has 5 atom stereocenters. The van der Waals surface area contributed by atoms with E-state index in [1.807, 2.05) is 24.0 Å². The highest BCUT2D eigenvalue weighted by atomic mass is 16.3. The number of carbonyl (C=O) groups excluding carboxylic acids is 1. The number of likely N-dealkylation sites (tertiary alicyclic amines) is 1. The summed E-state index contributed by atoms with van der Waals surface area (Å²) in [6.45, 7) is 4.86. The van der Waals surface area contributed by atoms with Gasteiger partial charge in [-0.3, -0.25) is 0 Å². The average molecular weight is 342 g/mol. The van der Waals surface area contributed by atoms with Crippen molar-refractivity contribution in [2.75, 3.05) is 29.9 Å². The lowest BCUT2D eigenvalue weighted by Gasteiger charge is -2.29. The van der Waals surface area contributed by atoms with Gasteiger partial charge in [0, 0.05) is 19.6 Å². The third-order valence-electron chi connectivity index (χ3n) is 6.85. The van der Waals surface area contributed by atoms with E-state index in [-0.39, 0.29) is 18.2 Å². The van der Waals surface area contributed by atoms with Gasteiger partial charge in [0.05, 0.1) is 23.5 Å². The van der Waals surface area contributed by atoms with E-state index >= 15 is 0 Å². The summed E-state index contributed by atoms with van der Waals surface area (Å²) in [6.07, 6.45) is 4.27. The second kappa shape index (κ2) is 5.59. The van der Waals surface area contributed by atoms with Gasteiger partial charge in [0.25, 0.3) is 0 Å². The molecule has 2 N–H and O–H groups in total. The smallest absolute Gasteiger partial charge is 0.322 e. The SMILES string of the molecule is Cc1nc(N2CCCC2)ccc1NC(=O)N1C[C@@H]2C[C@H]3C[C@H]2[C@H]1[C@H]3O. The Kier molecular flexibility index (Phi) is 3.45. The number of hydrogen-bond acceptors (Lipinski definition) is 4. The first-order chi connectivity index (χ1) is 12.1. The molecule has 0 aromatic carbocycles. The van der Waals surface area contributed by atoms with E-state index in [4.69, 9.17) is 0 Å². The van der Waals surface area contributed by atoms with Gasteiger partial charge in [-0.1, -0.05) is 0 Å². The van der Waals surface area contributed by atoms with Crippen molar-refractivity contribution in [3.8, 4) is 0 Å². The van der Waals surface area contributed by atoms with Crippen LogP contribution < -0.4 is 10.2 Å². The molecule has 5 rings (SSSR count). The summed E-state index contributed by atoms with van der Waals surface area (Å²) in [5.74, 6) is 2.49. The molecule has 0 radical (unpaired) electrons. The van der Waals surface area contributed by atoms with Crippen LogP contribution in [0.3, 0.4) is 0 Å². The van der Waals surface area contributed by atoms with Crippen LogP contribution in [0.5, 0.6) is 0 Å². The van der Waals surface area contributed by atoms with Crippen LogP contribution in [0, 0.1) is 24.7 Å². The highest BCUT2D eigenvalue weighted by Gasteiger charge is 2.60. The average Bonchev–Trinajstić information content (AvgIpc) is 3.33. The maximum Gasteiger partial charge on any atom is 0.322 e. The Balaban J connectivity index is 1.31. The van der Waals surface area contributed by atoms with Crippen LogP contribution >= 0.6 is 0 Å². The molecule has 2 aliphatic heterocycles. The van der Waals surface area contributed by atoms with Crippen LogP contribution in [0.25, 0.3) is 0 Å². The Morgan fingerprint density at radius 2 is 2.04 bits per heavy atom. The minimum Gasteiger partial charge on any atom is -0.391 e. The Labute approximate surface area is 148 Å². The number of anilines is 2. The van der Waals surface area contributed by atoms with E-state index in [1.165, 1.54) is 12.8 Å². The van der Waals surface area contributed by atoms with Gasteiger partial charge >= 0.3 is 6.03 Å². The van der Waals surface area contributed by atoms with E-state index in [9.17, 15) is 9.90 Å². The largest absolute Gasteiger partial charge is 0.391 e. The first-order valence-corrected chi connectivity index (χ1v) is 9.60. The molecule has 6 heteroatoms. The number of amides is 2. The topological polar surface area (TPSA) is 68.7 Å². The van der Waals surface area contributed by atoms with Gasteiger partial charge in [-0.15, -0.1) is 0 Å². The number of aliphatic hydroxyl groups excluding tert-OH is 1. The zero-order chi connectivity index (χ0) is 17.1. The number of aryl methyl sites for hydroxylation is 1. The fraction of sp³-hybridized carbons (Fsp3) is 0.684. The molecule has 2 saturated carbocycles. The van der Waals surface area contributed by atoms with Gasteiger partial charge in [-0.25, -0.2) is 9.78 Å². The molecule has 134 valence electrons. The predicted octanol–water partition coefficient (Wildman–Crippen LogP) is 2.22. The first-order valence-electron chi connectivity index (χ1n) is 9.60. The first kappa shape index (κ1) is 15.4. The zero-order valence-corrected chi connectivity index (χ0v) is 14.7. The van der Waals surface area contributed by atoms with Crippen molar-refractivity contribution >= 4 is 17.5 Å². The van der Waals surface area contributed by atoms with E-state index in [1.54, 1.807) is 0 Å². The van der Waals surface area contributed by atoms with Gasteiger partial charge in [0.2, 0.25) is 0 Å². The zero-order valence-electron chi connectivity index (χ0n) is 14.7. The molecule has 6 nitrogen and oxygen atoms in total. The third-order valence-corrected chi connectivity index (χ3v) is 6.85. The number of nitrogens with one attached hydrogen (secondary N) is 1. The number of urea groups is 1. The summed E-state index contributed by atoms with van der Waals surface area (Å²) in [5, 5.41) is 13.5. The number of aromatic nitrogens is 1. The number of nitrogens with zero attached hydrogens (tertiary/aromatic N) is 3. The van der Waals surface area contributed by atoms with Gasteiger partial charge in [-0.05, 0) is 62.5 Å². The number of rotatable bonds is 2. The fourth-order valence-electron chi connectivity index (χ4n) is 5.64. The Bertz CT molecular complexity index is 701. The predicted molar refractivity (Wildman–Crippen MR) is 95.6 cm³/mol. The molecule has 0 unspecified atom stereocenters. The van der Waals surface area contributed by atoms with Crippen molar-refractivity contribution in [2.45, 2.75) is 44.8 Å². The standard InChI is InChI=1S/C19H26N4O2/c1-11-15(4-5-16(20-11)22-6-2-3-7-22)21-19(25)23-10-13-8-12-9-14(13)17(23)18(12)24/h4-5,12-14,17-18,24H,2-3,6-10H2,1H3,(H,21,25)/t12-,13-,14+,17-,18-/m0/s1. The molecule has 1 aromatic heterocycles. The maximum absolute atomic E-state index is 12.8. The van der Waals surface area contributed by atoms with E-state index < -0.39 is 0 Å². The summed E-state index contributed by atoms with van der Waals surface area (Å²) >= 11 is 0. The lowest BCUT2D eigenvalue weighted by molar-refractivity contribution is 0.0631. The van der Waals surface area contributed by atoms with Crippen molar-refractivity contribution in [3.63, 3.8) is 0 Å². The third kappa shape index (κ3) is 2.34. The molecule has 4 aliphatic rings. The van der Waals surface area contributed by atoms with Crippen molar-refractivity contribution in [2.24, 2.45) is 17.8 Å². The van der Waals surface area contributed by atoms with Crippen LogP contribution in [0.4, 0.5) is 16.3 Å². The minimum absolute atomic E-state index is 0.0147. The van der Waals surface area contributed by atoms with Crippen LogP contribution in [0.2, 0.25) is 0 Å². The summed E-state index contributed by atoms with van der Waals surface area (Å²) in [7, 11) is 0. The van der Waals surface area contributed by atoms with Gasteiger partial charge in [-0.2, -0.15) is 0 Å². The Morgan fingerprint density at radius 1 is 1.24 bits per heavy atom. The summed E-state index contributed by atoms with van der Waals surface area (Å²) in [6, 6.07) is 3.90. The Morgan fingerprint density at radius 3 is 2.76 bits per heavy atom.